The number of carboxylic acids is 1. The third-order valence-electron chi connectivity index (χ3n) is 3.31. The highest BCUT2D eigenvalue weighted by Gasteiger charge is 2.15. The van der Waals surface area contributed by atoms with Crippen LogP contribution in [-0.2, 0) is 17.6 Å². The van der Waals surface area contributed by atoms with Gasteiger partial charge < -0.3 is 19.4 Å². The maximum atomic E-state index is 10.4. The molecule has 7 heteroatoms. The second-order valence-electron chi connectivity index (χ2n) is 4.89. The Morgan fingerprint density at radius 2 is 2.05 bits per heavy atom. The summed E-state index contributed by atoms with van der Waals surface area (Å²) in [5.41, 5.74) is 0. The average Bonchev–Trinajstić information content (AvgIpc) is 2.84. The molecule has 1 aromatic heterocycles. The van der Waals surface area contributed by atoms with Crippen LogP contribution < -0.4 is 0 Å². The van der Waals surface area contributed by atoms with Crippen molar-refractivity contribution in [3.8, 4) is 0 Å². The van der Waals surface area contributed by atoms with E-state index >= 15 is 0 Å². The van der Waals surface area contributed by atoms with Crippen LogP contribution in [-0.4, -0.2) is 70.8 Å². The molecule has 0 aromatic carbocycles. The zero-order chi connectivity index (χ0) is 13.7. The second kappa shape index (κ2) is 6.63. The molecule has 1 saturated heterocycles. The number of rotatable bonds is 6. The van der Waals surface area contributed by atoms with E-state index in [0.29, 0.717) is 18.1 Å². The van der Waals surface area contributed by atoms with Crippen molar-refractivity contribution in [1.82, 2.24) is 19.9 Å². The number of likely N-dealkylation sites (N-methyl/N-ethyl adjacent to an activating group) is 1. The zero-order valence-corrected chi connectivity index (χ0v) is 11.2. The van der Waals surface area contributed by atoms with E-state index in [9.17, 15) is 4.79 Å². The van der Waals surface area contributed by atoms with E-state index in [1.165, 1.54) is 0 Å². The number of aromatic nitrogens is 2. The fraction of sp³-hybridized carbons (Fsp3) is 0.750. The highest BCUT2D eigenvalue weighted by molar-refractivity contribution is 5.66. The van der Waals surface area contributed by atoms with E-state index in [0.717, 1.165) is 39.1 Å². The van der Waals surface area contributed by atoms with Gasteiger partial charge in [0.15, 0.2) is 5.82 Å². The second-order valence-corrected chi connectivity index (χ2v) is 4.89. The summed E-state index contributed by atoms with van der Waals surface area (Å²) in [5, 5.41) is 12.5. The minimum Gasteiger partial charge on any atom is -0.481 e. The Hall–Kier alpha value is -1.47. The van der Waals surface area contributed by atoms with Crippen molar-refractivity contribution in [2.75, 3.05) is 39.8 Å². The number of carbonyl (C=O) groups is 1. The van der Waals surface area contributed by atoms with Gasteiger partial charge in [0.2, 0.25) is 5.89 Å². The van der Waals surface area contributed by atoms with Gasteiger partial charge in [0.25, 0.3) is 0 Å². The van der Waals surface area contributed by atoms with Gasteiger partial charge in [0.05, 0.1) is 6.42 Å². The largest absolute Gasteiger partial charge is 0.481 e. The fourth-order valence-electron chi connectivity index (χ4n) is 2.04. The summed E-state index contributed by atoms with van der Waals surface area (Å²) in [6, 6.07) is 0. The number of hydrogen-bond acceptors (Lipinski definition) is 6. The summed E-state index contributed by atoms with van der Waals surface area (Å²) in [7, 11) is 2.13. The first-order chi connectivity index (χ1) is 9.13. The molecule has 1 aromatic rings. The molecule has 19 heavy (non-hydrogen) atoms. The van der Waals surface area contributed by atoms with Gasteiger partial charge in [-0.15, -0.1) is 0 Å². The first kappa shape index (κ1) is 14.0. The summed E-state index contributed by atoms with van der Waals surface area (Å²) in [4.78, 5) is 19.3. The maximum absolute atomic E-state index is 10.4. The maximum Gasteiger partial charge on any atom is 0.303 e. The molecule has 1 aliphatic heterocycles. The van der Waals surface area contributed by atoms with Crippen molar-refractivity contribution in [1.29, 1.82) is 0 Å². The van der Waals surface area contributed by atoms with Gasteiger partial charge in [0.1, 0.15) is 0 Å². The van der Waals surface area contributed by atoms with E-state index in [2.05, 4.69) is 27.0 Å². The van der Waals surface area contributed by atoms with Crippen LogP contribution in [0.2, 0.25) is 0 Å². The standard InChI is InChI=1S/C12H20N4O3/c1-15-6-8-16(9-7-15)5-4-10-13-11(19-14-10)2-3-12(17)18/h2-9H2,1H3,(H,17,18). The molecular formula is C12H20N4O3. The fourth-order valence-corrected chi connectivity index (χ4v) is 2.04. The molecule has 0 amide bonds. The van der Waals surface area contributed by atoms with Crippen LogP contribution in [0.1, 0.15) is 18.1 Å². The third-order valence-corrected chi connectivity index (χ3v) is 3.31. The van der Waals surface area contributed by atoms with Crippen LogP contribution >= 0.6 is 0 Å². The summed E-state index contributed by atoms with van der Waals surface area (Å²) in [5.74, 6) is 0.229. The molecule has 1 N–H and O–H groups in total. The molecule has 0 saturated carbocycles. The topological polar surface area (TPSA) is 82.7 Å². The Balaban J connectivity index is 1.72. The molecule has 0 bridgehead atoms. The van der Waals surface area contributed by atoms with Crippen LogP contribution in [0.3, 0.4) is 0 Å². The van der Waals surface area contributed by atoms with Crippen LogP contribution in [0.5, 0.6) is 0 Å². The van der Waals surface area contributed by atoms with Gasteiger partial charge in [-0.05, 0) is 7.05 Å². The first-order valence-corrected chi connectivity index (χ1v) is 6.57. The Labute approximate surface area is 112 Å². The summed E-state index contributed by atoms with van der Waals surface area (Å²) >= 11 is 0. The molecule has 1 aliphatic rings. The van der Waals surface area contributed by atoms with Gasteiger partial charge in [0, 0.05) is 45.6 Å². The van der Waals surface area contributed by atoms with Crippen LogP contribution in [0.25, 0.3) is 0 Å². The highest BCUT2D eigenvalue weighted by Crippen LogP contribution is 2.04. The number of aryl methyl sites for hydroxylation is 1. The molecule has 106 valence electrons. The predicted molar refractivity (Wildman–Crippen MR) is 67.9 cm³/mol. The molecule has 0 atom stereocenters. The van der Waals surface area contributed by atoms with Gasteiger partial charge in [-0.3, -0.25) is 4.79 Å². The molecule has 2 rings (SSSR count). The lowest BCUT2D eigenvalue weighted by Crippen LogP contribution is -2.45. The summed E-state index contributed by atoms with van der Waals surface area (Å²) in [6.45, 7) is 5.25. The first-order valence-electron chi connectivity index (χ1n) is 6.57. The highest BCUT2D eigenvalue weighted by atomic mass is 16.5. The minimum absolute atomic E-state index is 0.0279. The van der Waals surface area contributed by atoms with Crippen LogP contribution in [0, 0.1) is 0 Å². The molecular weight excluding hydrogens is 248 g/mol. The van der Waals surface area contributed by atoms with E-state index in [1.54, 1.807) is 0 Å². The molecule has 0 radical (unpaired) electrons. The molecule has 0 aliphatic carbocycles. The van der Waals surface area contributed by atoms with Crippen molar-refractivity contribution < 1.29 is 14.4 Å². The average molecular weight is 268 g/mol. The zero-order valence-electron chi connectivity index (χ0n) is 11.2. The molecule has 7 nitrogen and oxygen atoms in total. The van der Waals surface area contributed by atoms with E-state index in [-0.39, 0.29) is 6.42 Å². The van der Waals surface area contributed by atoms with Gasteiger partial charge in [-0.2, -0.15) is 4.98 Å². The predicted octanol–water partition coefficient (Wildman–Crippen LogP) is -0.123. The van der Waals surface area contributed by atoms with Crippen molar-refractivity contribution in [2.45, 2.75) is 19.3 Å². The SMILES string of the molecule is CN1CCN(CCc2noc(CCC(=O)O)n2)CC1. The normalized spacial score (nSPS) is 17.7. The Kier molecular flexibility index (Phi) is 4.86. The minimum atomic E-state index is -0.850. The van der Waals surface area contributed by atoms with E-state index < -0.39 is 5.97 Å². The van der Waals surface area contributed by atoms with Crippen molar-refractivity contribution >= 4 is 5.97 Å². The molecule has 0 unspecified atom stereocenters. The Morgan fingerprint density at radius 3 is 2.74 bits per heavy atom. The Bertz CT molecular complexity index is 413. The van der Waals surface area contributed by atoms with Crippen molar-refractivity contribution in [3.05, 3.63) is 11.7 Å². The number of carboxylic acid groups (broad SMARTS) is 1. The third kappa shape index (κ3) is 4.60. The van der Waals surface area contributed by atoms with Crippen LogP contribution in [0.4, 0.5) is 0 Å². The van der Waals surface area contributed by atoms with Crippen molar-refractivity contribution in [3.63, 3.8) is 0 Å². The van der Waals surface area contributed by atoms with Gasteiger partial charge in [-0.1, -0.05) is 5.16 Å². The van der Waals surface area contributed by atoms with E-state index in [1.807, 2.05) is 0 Å². The number of aliphatic carboxylic acids is 1. The summed E-state index contributed by atoms with van der Waals surface area (Å²) < 4.78 is 5.02. The lowest BCUT2D eigenvalue weighted by Gasteiger charge is -2.31. The monoisotopic (exact) mass is 268 g/mol. The van der Waals surface area contributed by atoms with Gasteiger partial charge >= 0.3 is 5.97 Å². The van der Waals surface area contributed by atoms with Gasteiger partial charge in [-0.25, -0.2) is 0 Å². The van der Waals surface area contributed by atoms with Crippen LogP contribution in [0.15, 0.2) is 4.52 Å². The molecule has 1 fully saturated rings. The number of hydrogen-bond donors (Lipinski definition) is 1. The lowest BCUT2D eigenvalue weighted by atomic mass is 10.3. The quantitative estimate of drug-likeness (QED) is 0.770. The Morgan fingerprint density at radius 1 is 1.32 bits per heavy atom. The smallest absolute Gasteiger partial charge is 0.303 e. The number of piperazine rings is 1. The van der Waals surface area contributed by atoms with E-state index in [4.69, 9.17) is 9.63 Å². The summed E-state index contributed by atoms with van der Waals surface area (Å²) in [6.07, 6.45) is 1.08. The number of nitrogens with zero attached hydrogens (tertiary/aromatic N) is 4. The van der Waals surface area contributed by atoms with Crippen molar-refractivity contribution in [2.24, 2.45) is 0 Å². The molecule has 2 heterocycles. The lowest BCUT2D eigenvalue weighted by molar-refractivity contribution is -0.137. The molecule has 0 spiro atoms.